The van der Waals surface area contributed by atoms with E-state index in [9.17, 15) is 9.90 Å². The molecule has 1 aliphatic carbocycles. The summed E-state index contributed by atoms with van der Waals surface area (Å²) >= 11 is 0. The lowest BCUT2D eigenvalue weighted by molar-refractivity contribution is -0.0300. The van der Waals surface area contributed by atoms with Crippen LogP contribution in [0.2, 0.25) is 0 Å². The van der Waals surface area contributed by atoms with E-state index in [1.54, 1.807) is 10.6 Å². The van der Waals surface area contributed by atoms with Crippen LogP contribution in [0.1, 0.15) is 29.8 Å². The molecule has 94 valence electrons. The number of amides is 1. The molecule has 0 bridgehead atoms. The van der Waals surface area contributed by atoms with Gasteiger partial charge < -0.3 is 14.8 Å². The summed E-state index contributed by atoms with van der Waals surface area (Å²) in [6, 6.07) is 5.60. The van der Waals surface area contributed by atoms with Crippen LogP contribution in [0, 0.1) is 0 Å². The Bertz CT molecular complexity index is 554. The number of nitrogens with one attached hydrogen (secondary N) is 1. The Morgan fingerprint density at radius 2 is 2.33 bits per heavy atom. The number of rotatable bonds is 3. The molecule has 0 aliphatic heterocycles. The molecule has 0 aromatic carbocycles. The number of carbonyl (C=O) groups excluding carboxylic acids is 1. The number of hydrogen-bond acceptors (Lipinski definition) is 3. The number of carbonyl (C=O) groups is 1. The monoisotopic (exact) mass is 245 g/mol. The first-order chi connectivity index (χ1) is 8.66. The van der Waals surface area contributed by atoms with Gasteiger partial charge in [-0.25, -0.2) is 4.98 Å². The largest absolute Gasteiger partial charge is 0.388 e. The fraction of sp³-hybridized carbons (Fsp3) is 0.385. The molecule has 1 amide bonds. The van der Waals surface area contributed by atoms with Crippen molar-refractivity contribution < 1.29 is 9.90 Å². The van der Waals surface area contributed by atoms with Crippen LogP contribution in [0.4, 0.5) is 0 Å². The number of aromatic nitrogens is 2. The van der Waals surface area contributed by atoms with Crippen molar-refractivity contribution in [3.05, 3.63) is 36.3 Å². The number of nitrogens with zero attached hydrogens (tertiary/aromatic N) is 2. The highest BCUT2D eigenvalue weighted by Gasteiger charge is 2.34. The van der Waals surface area contributed by atoms with Gasteiger partial charge in [-0.15, -0.1) is 0 Å². The molecule has 0 atom stereocenters. The van der Waals surface area contributed by atoms with E-state index in [2.05, 4.69) is 10.3 Å². The van der Waals surface area contributed by atoms with Gasteiger partial charge >= 0.3 is 0 Å². The van der Waals surface area contributed by atoms with Crippen LogP contribution in [0.5, 0.6) is 0 Å². The zero-order valence-corrected chi connectivity index (χ0v) is 9.97. The summed E-state index contributed by atoms with van der Waals surface area (Å²) < 4.78 is 1.80. The van der Waals surface area contributed by atoms with Gasteiger partial charge in [-0.1, -0.05) is 6.07 Å². The average molecular weight is 245 g/mol. The summed E-state index contributed by atoms with van der Waals surface area (Å²) in [4.78, 5) is 16.1. The van der Waals surface area contributed by atoms with Gasteiger partial charge in [0.1, 0.15) is 11.3 Å². The lowest BCUT2D eigenvalue weighted by Crippen LogP contribution is -2.47. The highest BCUT2D eigenvalue weighted by molar-refractivity contribution is 5.92. The zero-order chi connectivity index (χ0) is 12.6. The average Bonchev–Trinajstić information content (AvgIpc) is 2.77. The molecule has 3 rings (SSSR count). The molecule has 2 N–H and O–H groups in total. The molecule has 2 aromatic rings. The highest BCUT2D eigenvalue weighted by Crippen LogP contribution is 2.30. The fourth-order valence-corrected chi connectivity index (χ4v) is 2.14. The lowest BCUT2D eigenvalue weighted by Gasteiger charge is -2.36. The van der Waals surface area contributed by atoms with E-state index in [1.807, 2.05) is 24.4 Å². The zero-order valence-electron chi connectivity index (χ0n) is 9.97. The van der Waals surface area contributed by atoms with Gasteiger partial charge in [0, 0.05) is 18.9 Å². The summed E-state index contributed by atoms with van der Waals surface area (Å²) in [6.07, 6.45) is 6.09. The Labute approximate surface area is 104 Å². The third kappa shape index (κ3) is 1.97. The second-order valence-corrected chi connectivity index (χ2v) is 4.85. The molecule has 1 saturated carbocycles. The van der Waals surface area contributed by atoms with Crippen molar-refractivity contribution in [2.24, 2.45) is 0 Å². The molecular weight excluding hydrogens is 230 g/mol. The van der Waals surface area contributed by atoms with Crippen molar-refractivity contribution in [3.8, 4) is 0 Å². The first kappa shape index (κ1) is 11.2. The maximum Gasteiger partial charge on any atom is 0.271 e. The molecule has 0 saturated heterocycles. The molecule has 5 heteroatoms. The first-order valence-electron chi connectivity index (χ1n) is 6.11. The molecule has 1 fully saturated rings. The minimum absolute atomic E-state index is 0.237. The summed E-state index contributed by atoms with van der Waals surface area (Å²) in [6.45, 7) is 0.305. The SMILES string of the molecule is O=C(NCC1(O)CCC1)c1cn2ccccc2n1. The van der Waals surface area contributed by atoms with Crippen LogP contribution in [0.15, 0.2) is 30.6 Å². The predicted octanol–water partition coefficient (Wildman–Crippen LogP) is 0.979. The van der Waals surface area contributed by atoms with Gasteiger partial charge in [0.2, 0.25) is 0 Å². The second-order valence-electron chi connectivity index (χ2n) is 4.85. The van der Waals surface area contributed by atoms with E-state index in [0.29, 0.717) is 12.2 Å². The van der Waals surface area contributed by atoms with Gasteiger partial charge in [-0.3, -0.25) is 4.79 Å². The number of fused-ring (bicyclic) bond motifs is 1. The minimum Gasteiger partial charge on any atom is -0.388 e. The third-order valence-corrected chi connectivity index (χ3v) is 3.46. The summed E-state index contributed by atoms with van der Waals surface area (Å²) in [5, 5.41) is 12.6. The van der Waals surface area contributed by atoms with E-state index in [1.165, 1.54) is 0 Å². The van der Waals surface area contributed by atoms with Crippen LogP contribution in [0.25, 0.3) is 5.65 Å². The van der Waals surface area contributed by atoms with E-state index in [4.69, 9.17) is 0 Å². The number of imidazole rings is 1. The van der Waals surface area contributed by atoms with Crippen molar-refractivity contribution in [1.29, 1.82) is 0 Å². The standard InChI is InChI=1S/C13H15N3O2/c17-12(14-9-13(18)5-3-6-13)10-8-16-7-2-1-4-11(16)15-10/h1-2,4,7-8,18H,3,5-6,9H2,(H,14,17). The molecule has 0 spiro atoms. The second kappa shape index (κ2) is 4.10. The normalized spacial score (nSPS) is 17.4. The van der Waals surface area contributed by atoms with Crippen LogP contribution in [-0.4, -0.2) is 32.5 Å². The number of aliphatic hydroxyl groups is 1. The highest BCUT2D eigenvalue weighted by atomic mass is 16.3. The molecule has 0 unspecified atom stereocenters. The quantitative estimate of drug-likeness (QED) is 0.847. The Kier molecular flexibility index (Phi) is 2.56. The molecular formula is C13H15N3O2. The van der Waals surface area contributed by atoms with Gasteiger partial charge in [0.25, 0.3) is 5.91 Å². The Balaban J connectivity index is 1.71. The molecule has 18 heavy (non-hydrogen) atoms. The Morgan fingerprint density at radius 3 is 3.00 bits per heavy atom. The maximum absolute atomic E-state index is 11.9. The summed E-state index contributed by atoms with van der Waals surface area (Å²) in [7, 11) is 0. The number of pyridine rings is 1. The van der Waals surface area contributed by atoms with E-state index < -0.39 is 5.60 Å². The molecule has 5 nitrogen and oxygen atoms in total. The van der Waals surface area contributed by atoms with Crippen molar-refractivity contribution >= 4 is 11.6 Å². The van der Waals surface area contributed by atoms with Crippen molar-refractivity contribution in [2.45, 2.75) is 24.9 Å². The predicted molar refractivity (Wildman–Crippen MR) is 66.3 cm³/mol. The Morgan fingerprint density at radius 1 is 1.50 bits per heavy atom. The lowest BCUT2D eigenvalue weighted by atomic mass is 9.80. The topological polar surface area (TPSA) is 66.6 Å². The summed E-state index contributed by atoms with van der Waals surface area (Å²) in [5.74, 6) is -0.237. The summed E-state index contributed by atoms with van der Waals surface area (Å²) in [5.41, 5.74) is 0.420. The Hall–Kier alpha value is -1.88. The molecule has 0 radical (unpaired) electrons. The molecule has 1 aliphatic rings. The van der Waals surface area contributed by atoms with E-state index in [0.717, 1.165) is 24.9 Å². The van der Waals surface area contributed by atoms with Crippen molar-refractivity contribution in [2.75, 3.05) is 6.54 Å². The van der Waals surface area contributed by atoms with Crippen LogP contribution in [0.3, 0.4) is 0 Å². The first-order valence-corrected chi connectivity index (χ1v) is 6.11. The van der Waals surface area contributed by atoms with Crippen molar-refractivity contribution in [1.82, 2.24) is 14.7 Å². The van der Waals surface area contributed by atoms with Gasteiger partial charge in [0.15, 0.2) is 0 Å². The maximum atomic E-state index is 11.9. The van der Waals surface area contributed by atoms with E-state index >= 15 is 0 Å². The minimum atomic E-state index is -0.700. The van der Waals surface area contributed by atoms with Gasteiger partial charge in [0.05, 0.1) is 5.60 Å². The van der Waals surface area contributed by atoms with Crippen LogP contribution < -0.4 is 5.32 Å². The van der Waals surface area contributed by atoms with Crippen LogP contribution in [-0.2, 0) is 0 Å². The fourth-order valence-electron chi connectivity index (χ4n) is 2.14. The smallest absolute Gasteiger partial charge is 0.271 e. The van der Waals surface area contributed by atoms with Gasteiger partial charge in [-0.2, -0.15) is 0 Å². The molecule has 2 aromatic heterocycles. The van der Waals surface area contributed by atoms with E-state index in [-0.39, 0.29) is 5.91 Å². The van der Waals surface area contributed by atoms with Gasteiger partial charge in [-0.05, 0) is 31.4 Å². The third-order valence-electron chi connectivity index (χ3n) is 3.46. The number of hydrogen-bond donors (Lipinski definition) is 2. The van der Waals surface area contributed by atoms with Crippen LogP contribution >= 0.6 is 0 Å². The molecule has 2 heterocycles. The van der Waals surface area contributed by atoms with Crippen molar-refractivity contribution in [3.63, 3.8) is 0 Å².